The van der Waals surface area contributed by atoms with Crippen LogP contribution in [0.5, 0.6) is 0 Å². The van der Waals surface area contributed by atoms with Crippen LogP contribution < -0.4 is 9.80 Å². The van der Waals surface area contributed by atoms with Crippen LogP contribution in [-0.4, -0.2) is 38.1 Å². The van der Waals surface area contributed by atoms with E-state index in [1.165, 1.54) is 16.2 Å². The largest absolute Gasteiger partial charge is 0.451 e. The number of hydrogen-bond donors (Lipinski definition) is 1. The monoisotopic (exact) mass is 380 g/mol. The van der Waals surface area contributed by atoms with Crippen molar-refractivity contribution in [3.05, 3.63) is 60.4 Å². The molecule has 2 aromatic heterocycles. The van der Waals surface area contributed by atoms with Crippen molar-refractivity contribution in [2.45, 2.75) is 6.42 Å². The fourth-order valence-corrected chi connectivity index (χ4v) is 4.06. The smallest absolute Gasteiger partial charge is 0.295 e. The standard InChI is InChI=1S/C21H21N3O2S/c1-23(2)12-7-13-24(21-22-16-9-4-6-11-19(16)27-21)20(25)18-14-15-8-3-5-10-17(15)26-18/h3-6,8-11,14H,7,12-13H2,1-2H3/p+1. The summed E-state index contributed by atoms with van der Waals surface area (Å²) in [4.78, 5) is 21.1. The van der Waals surface area contributed by atoms with Crippen LogP contribution in [-0.2, 0) is 0 Å². The van der Waals surface area contributed by atoms with Crippen molar-refractivity contribution in [2.75, 3.05) is 32.1 Å². The van der Waals surface area contributed by atoms with Crippen LogP contribution >= 0.6 is 11.3 Å². The minimum atomic E-state index is -0.140. The molecule has 1 N–H and O–H groups in total. The van der Waals surface area contributed by atoms with Crippen molar-refractivity contribution in [1.29, 1.82) is 0 Å². The number of para-hydroxylation sites is 2. The molecular formula is C21H22N3O2S+. The van der Waals surface area contributed by atoms with Crippen molar-refractivity contribution >= 4 is 43.6 Å². The number of quaternary nitrogens is 1. The van der Waals surface area contributed by atoms with Gasteiger partial charge >= 0.3 is 0 Å². The number of hydrogen-bond acceptors (Lipinski definition) is 4. The first-order valence-corrected chi connectivity index (χ1v) is 9.88. The van der Waals surface area contributed by atoms with Gasteiger partial charge < -0.3 is 9.32 Å². The third kappa shape index (κ3) is 3.72. The number of furan rings is 1. The number of benzene rings is 2. The Morgan fingerprint density at radius 3 is 2.70 bits per heavy atom. The molecule has 0 aliphatic carbocycles. The molecule has 2 heterocycles. The molecule has 2 aromatic carbocycles. The Kier molecular flexibility index (Phi) is 4.92. The number of fused-ring (bicyclic) bond motifs is 2. The molecule has 0 aliphatic heterocycles. The van der Waals surface area contributed by atoms with Gasteiger partial charge in [-0.15, -0.1) is 0 Å². The number of amides is 1. The topological polar surface area (TPSA) is 50.8 Å². The van der Waals surface area contributed by atoms with E-state index in [2.05, 4.69) is 19.1 Å². The minimum absolute atomic E-state index is 0.140. The van der Waals surface area contributed by atoms with Gasteiger partial charge in [0, 0.05) is 18.4 Å². The maximum atomic E-state index is 13.3. The third-order valence-electron chi connectivity index (χ3n) is 4.45. The number of anilines is 1. The van der Waals surface area contributed by atoms with Gasteiger partial charge in [0.25, 0.3) is 5.91 Å². The van der Waals surface area contributed by atoms with Crippen molar-refractivity contribution < 1.29 is 14.1 Å². The summed E-state index contributed by atoms with van der Waals surface area (Å²) >= 11 is 1.54. The van der Waals surface area contributed by atoms with E-state index in [0.29, 0.717) is 12.3 Å². The van der Waals surface area contributed by atoms with Crippen molar-refractivity contribution in [2.24, 2.45) is 0 Å². The summed E-state index contributed by atoms with van der Waals surface area (Å²) in [5.74, 6) is 0.215. The Bertz CT molecular complexity index is 1020. The fourth-order valence-electron chi connectivity index (χ4n) is 3.07. The number of rotatable bonds is 6. The van der Waals surface area contributed by atoms with E-state index in [0.717, 1.165) is 39.3 Å². The first kappa shape index (κ1) is 17.7. The van der Waals surface area contributed by atoms with E-state index in [-0.39, 0.29) is 5.91 Å². The molecule has 0 saturated heterocycles. The molecule has 138 valence electrons. The number of nitrogens with zero attached hydrogens (tertiary/aromatic N) is 2. The highest BCUT2D eigenvalue weighted by molar-refractivity contribution is 7.22. The molecule has 5 nitrogen and oxygen atoms in total. The highest BCUT2D eigenvalue weighted by atomic mass is 32.1. The van der Waals surface area contributed by atoms with E-state index in [4.69, 9.17) is 4.42 Å². The van der Waals surface area contributed by atoms with Crippen LogP contribution in [0, 0.1) is 0 Å². The number of thiazole rings is 1. The molecule has 0 radical (unpaired) electrons. The zero-order valence-corrected chi connectivity index (χ0v) is 16.3. The van der Waals surface area contributed by atoms with Gasteiger partial charge in [0.05, 0.1) is 30.9 Å². The SMILES string of the molecule is C[NH+](C)CCCN(C(=O)c1cc2ccccc2o1)c1nc2ccccc2s1. The van der Waals surface area contributed by atoms with Crippen LogP contribution in [0.15, 0.2) is 59.0 Å². The summed E-state index contributed by atoms with van der Waals surface area (Å²) < 4.78 is 6.89. The normalized spacial score (nSPS) is 11.5. The molecular weight excluding hydrogens is 358 g/mol. The van der Waals surface area contributed by atoms with Crippen LogP contribution in [0.4, 0.5) is 5.13 Å². The summed E-state index contributed by atoms with van der Waals surface area (Å²) in [6.45, 7) is 1.59. The number of carbonyl (C=O) groups excluding carboxylic acids is 1. The Morgan fingerprint density at radius 1 is 1.15 bits per heavy atom. The number of aromatic nitrogens is 1. The molecule has 6 heteroatoms. The van der Waals surface area contributed by atoms with Gasteiger partial charge in [-0.3, -0.25) is 9.69 Å². The molecule has 4 rings (SSSR count). The predicted molar refractivity (Wildman–Crippen MR) is 110 cm³/mol. The molecule has 0 unspecified atom stereocenters. The van der Waals surface area contributed by atoms with Crippen molar-refractivity contribution in [1.82, 2.24) is 4.98 Å². The zero-order valence-electron chi connectivity index (χ0n) is 15.4. The highest BCUT2D eigenvalue weighted by Crippen LogP contribution is 2.30. The van der Waals surface area contributed by atoms with Gasteiger partial charge in [0.2, 0.25) is 0 Å². The lowest BCUT2D eigenvalue weighted by atomic mass is 10.2. The van der Waals surface area contributed by atoms with E-state index in [9.17, 15) is 4.79 Å². The Hall–Kier alpha value is -2.70. The third-order valence-corrected chi connectivity index (χ3v) is 5.51. The second kappa shape index (κ2) is 7.50. The van der Waals surface area contributed by atoms with Crippen LogP contribution in [0.2, 0.25) is 0 Å². The Balaban J connectivity index is 1.68. The van der Waals surface area contributed by atoms with Gasteiger partial charge in [0.15, 0.2) is 10.9 Å². The van der Waals surface area contributed by atoms with Crippen LogP contribution in [0.25, 0.3) is 21.2 Å². The van der Waals surface area contributed by atoms with Gasteiger partial charge in [-0.2, -0.15) is 0 Å². The molecule has 1 amide bonds. The number of nitrogens with one attached hydrogen (secondary N) is 1. The molecule has 0 atom stereocenters. The van der Waals surface area contributed by atoms with Crippen molar-refractivity contribution in [3.8, 4) is 0 Å². The average Bonchev–Trinajstić information content (AvgIpc) is 3.28. The second-order valence-electron chi connectivity index (χ2n) is 6.88. The van der Waals surface area contributed by atoms with Gasteiger partial charge in [0.1, 0.15) is 5.58 Å². The van der Waals surface area contributed by atoms with Gasteiger partial charge in [-0.25, -0.2) is 4.98 Å². The lowest BCUT2D eigenvalue weighted by Gasteiger charge is -2.19. The van der Waals surface area contributed by atoms with Gasteiger partial charge in [-0.1, -0.05) is 41.7 Å². The summed E-state index contributed by atoms with van der Waals surface area (Å²) in [6, 6.07) is 17.5. The summed E-state index contributed by atoms with van der Waals surface area (Å²) in [5, 5.41) is 1.65. The molecule has 4 aromatic rings. The maximum absolute atomic E-state index is 13.3. The number of carbonyl (C=O) groups is 1. The quantitative estimate of drug-likeness (QED) is 0.559. The zero-order chi connectivity index (χ0) is 18.8. The molecule has 0 spiro atoms. The lowest BCUT2D eigenvalue weighted by Crippen LogP contribution is -3.05. The van der Waals surface area contributed by atoms with E-state index in [1.54, 1.807) is 4.90 Å². The Morgan fingerprint density at radius 2 is 1.93 bits per heavy atom. The summed E-state index contributed by atoms with van der Waals surface area (Å²) in [7, 11) is 4.23. The fraction of sp³-hybridized carbons (Fsp3) is 0.238. The second-order valence-corrected chi connectivity index (χ2v) is 7.89. The van der Waals surface area contributed by atoms with Crippen molar-refractivity contribution in [3.63, 3.8) is 0 Å². The average molecular weight is 380 g/mol. The molecule has 0 saturated carbocycles. The Labute approximate surface area is 161 Å². The molecule has 0 aliphatic rings. The minimum Gasteiger partial charge on any atom is -0.451 e. The molecule has 0 fully saturated rings. The maximum Gasteiger partial charge on any atom is 0.295 e. The van der Waals surface area contributed by atoms with E-state index < -0.39 is 0 Å². The highest BCUT2D eigenvalue weighted by Gasteiger charge is 2.24. The molecule has 27 heavy (non-hydrogen) atoms. The first-order valence-electron chi connectivity index (χ1n) is 9.07. The molecule has 0 bridgehead atoms. The van der Waals surface area contributed by atoms with Crippen LogP contribution in [0.3, 0.4) is 0 Å². The summed E-state index contributed by atoms with van der Waals surface area (Å²) in [6.07, 6.45) is 0.893. The summed E-state index contributed by atoms with van der Waals surface area (Å²) in [5.41, 5.74) is 1.64. The van der Waals surface area contributed by atoms with Crippen LogP contribution in [0.1, 0.15) is 17.0 Å². The van der Waals surface area contributed by atoms with E-state index >= 15 is 0 Å². The van der Waals surface area contributed by atoms with E-state index in [1.807, 2.05) is 54.6 Å². The predicted octanol–water partition coefficient (Wildman–Crippen LogP) is 3.22. The lowest BCUT2D eigenvalue weighted by molar-refractivity contribution is -0.858. The van der Waals surface area contributed by atoms with Gasteiger partial charge in [-0.05, 0) is 24.3 Å². The first-order chi connectivity index (χ1) is 13.1.